The topological polar surface area (TPSA) is 78.2 Å². The van der Waals surface area contributed by atoms with E-state index in [-0.39, 0.29) is 6.54 Å². The highest BCUT2D eigenvalue weighted by Gasteiger charge is 2.60. The van der Waals surface area contributed by atoms with Crippen LogP contribution in [0.4, 0.5) is 0 Å². The van der Waals surface area contributed by atoms with Crippen LogP contribution in [0, 0.1) is 13.8 Å². The fourth-order valence-electron chi connectivity index (χ4n) is 4.26. The fourth-order valence-corrected chi connectivity index (χ4v) is 6.33. The van der Waals surface area contributed by atoms with Gasteiger partial charge in [0.2, 0.25) is 10.0 Å². The molecule has 0 aliphatic carbocycles. The summed E-state index contributed by atoms with van der Waals surface area (Å²) in [5.41, 5.74) is 4.10. The summed E-state index contributed by atoms with van der Waals surface area (Å²) in [5.74, 6) is 0. The van der Waals surface area contributed by atoms with E-state index in [1.165, 1.54) is 4.31 Å². The number of likely N-dealkylation sites (tertiary alicyclic amines) is 1. The zero-order valence-electron chi connectivity index (χ0n) is 14.8. The van der Waals surface area contributed by atoms with Gasteiger partial charge in [-0.25, -0.2) is 17.7 Å². The largest absolute Gasteiger partial charge is 0.390 e. The summed E-state index contributed by atoms with van der Waals surface area (Å²) in [6.45, 7) is 5.85. The number of imidazole rings is 1. The van der Waals surface area contributed by atoms with Gasteiger partial charge in [-0.3, -0.25) is 4.90 Å². The van der Waals surface area contributed by atoms with Gasteiger partial charge in [0, 0.05) is 39.4 Å². The lowest BCUT2D eigenvalue weighted by Crippen LogP contribution is -2.47. The quantitative estimate of drug-likeness (QED) is 0.841. The Balaban J connectivity index is 1.65. The molecule has 2 aromatic rings. The Morgan fingerprint density at radius 2 is 2.16 bits per heavy atom. The van der Waals surface area contributed by atoms with E-state index in [1.807, 2.05) is 32.2 Å². The summed E-state index contributed by atoms with van der Waals surface area (Å²) in [7, 11) is -1.92. The van der Waals surface area contributed by atoms with E-state index in [4.69, 9.17) is 0 Å². The van der Waals surface area contributed by atoms with Crippen molar-refractivity contribution in [1.82, 2.24) is 18.6 Å². The molecule has 0 saturated carbocycles. The van der Waals surface area contributed by atoms with Crippen molar-refractivity contribution in [3.05, 3.63) is 35.3 Å². The predicted molar refractivity (Wildman–Crippen MR) is 94.8 cm³/mol. The second-order valence-electron chi connectivity index (χ2n) is 7.36. The van der Waals surface area contributed by atoms with Crippen molar-refractivity contribution >= 4 is 15.7 Å². The third-order valence-corrected chi connectivity index (χ3v) is 8.42. The molecule has 25 heavy (non-hydrogen) atoms. The van der Waals surface area contributed by atoms with E-state index in [0.29, 0.717) is 26.1 Å². The van der Waals surface area contributed by atoms with Gasteiger partial charge in [-0.2, -0.15) is 0 Å². The summed E-state index contributed by atoms with van der Waals surface area (Å²) >= 11 is 0. The first-order chi connectivity index (χ1) is 11.8. The number of aliphatic hydroxyl groups is 1. The maximum atomic E-state index is 12.7. The van der Waals surface area contributed by atoms with Crippen LogP contribution < -0.4 is 0 Å². The first kappa shape index (κ1) is 17.0. The number of nitrogens with zero attached hydrogens (tertiary/aromatic N) is 4. The molecule has 0 amide bonds. The summed E-state index contributed by atoms with van der Waals surface area (Å²) in [6.07, 6.45) is 1.63. The molecule has 2 fully saturated rings. The Kier molecular flexibility index (Phi) is 3.74. The van der Waals surface area contributed by atoms with Gasteiger partial charge in [0.25, 0.3) is 0 Å². The van der Waals surface area contributed by atoms with Gasteiger partial charge in [0.15, 0.2) is 0 Å². The van der Waals surface area contributed by atoms with Crippen LogP contribution in [0.15, 0.2) is 18.3 Å². The molecule has 4 rings (SSSR count). The minimum atomic E-state index is -3.47. The van der Waals surface area contributed by atoms with E-state index in [9.17, 15) is 13.5 Å². The molecule has 1 N–H and O–H groups in total. The SMILES string of the molecule is Cc1nc2c(C)cccn2c1CN1CC[C@@]2(C1)[C@@H](O)CN(C)S2(=O)=O. The molecule has 2 aromatic heterocycles. The summed E-state index contributed by atoms with van der Waals surface area (Å²) < 4.78 is 27.8. The van der Waals surface area contributed by atoms with Gasteiger partial charge in [0.05, 0.1) is 17.5 Å². The minimum Gasteiger partial charge on any atom is -0.390 e. The van der Waals surface area contributed by atoms with Crippen molar-refractivity contribution in [3.8, 4) is 0 Å². The number of β-amino-alcohol motifs (C(OH)–C–C–N with tert-alkyl or cyclic N) is 1. The monoisotopic (exact) mass is 364 g/mol. The highest BCUT2D eigenvalue weighted by molar-refractivity contribution is 7.90. The van der Waals surface area contributed by atoms with E-state index >= 15 is 0 Å². The van der Waals surface area contributed by atoms with Gasteiger partial charge < -0.3 is 9.51 Å². The van der Waals surface area contributed by atoms with Gasteiger partial charge in [-0.1, -0.05) is 6.07 Å². The van der Waals surface area contributed by atoms with Crippen LogP contribution in [0.2, 0.25) is 0 Å². The average molecular weight is 364 g/mol. The number of aromatic nitrogens is 2. The number of sulfonamides is 1. The second kappa shape index (κ2) is 5.51. The Bertz CT molecular complexity index is 939. The summed E-state index contributed by atoms with van der Waals surface area (Å²) in [4.78, 5) is 6.78. The normalized spacial score (nSPS) is 30.0. The summed E-state index contributed by atoms with van der Waals surface area (Å²) in [5, 5.41) is 10.4. The number of pyridine rings is 1. The van der Waals surface area contributed by atoms with Crippen LogP contribution >= 0.6 is 0 Å². The molecule has 0 radical (unpaired) electrons. The molecule has 2 aliphatic heterocycles. The van der Waals surface area contributed by atoms with Crippen LogP contribution in [0.5, 0.6) is 0 Å². The number of hydrogen-bond donors (Lipinski definition) is 1. The maximum absolute atomic E-state index is 12.7. The molecular weight excluding hydrogens is 340 g/mol. The van der Waals surface area contributed by atoms with Crippen molar-refractivity contribution in [2.24, 2.45) is 0 Å². The van der Waals surface area contributed by atoms with Crippen molar-refractivity contribution in [2.45, 2.75) is 37.7 Å². The minimum absolute atomic E-state index is 0.185. The number of aryl methyl sites for hydroxylation is 2. The third-order valence-electron chi connectivity index (χ3n) is 5.82. The summed E-state index contributed by atoms with van der Waals surface area (Å²) in [6, 6.07) is 4.03. The second-order valence-corrected chi connectivity index (χ2v) is 9.74. The van der Waals surface area contributed by atoms with E-state index in [1.54, 1.807) is 7.05 Å². The molecule has 1 spiro atoms. The molecule has 2 aliphatic rings. The Morgan fingerprint density at radius 3 is 2.84 bits per heavy atom. The first-order valence-corrected chi connectivity index (χ1v) is 10.00. The Labute approximate surface area is 147 Å². The molecule has 7 nitrogen and oxygen atoms in total. The standard InChI is InChI=1S/C17H24N4O3S/c1-12-5-4-7-21-14(13(2)18-16(12)21)9-20-8-6-17(11-20)15(22)10-19(3)25(17,23)24/h4-5,7,15,22H,6,8-11H2,1-3H3/t15-,17+/m0/s1. The molecule has 2 atom stereocenters. The molecule has 2 saturated heterocycles. The fraction of sp³-hybridized carbons (Fsp3) is 0.588. The number of fused-ring (bicyclic) bond motifs is 1. The Hall–Kier alpha value is -1.48. The van der Waals surface area contributed by atoms with Gasteiger partial charge in [-0.05, 0) is 31.9 Å². The van der Waals surface area contributed by atoms with E-state index in [2.05, 4.69) is 14.3 Å². The number of likely N-dealkylation sites (N-methyl/N-ethyl adjacent to an activating group) is 1. The first-order valence-electron chi connectivity index (χ1n) is 8.56. The molecule has 0 unspecified atom stereocenters. The highest BCUT2D eigenvalue weighted by atomic mass is 32.2. The number of hydrogen-bond acceptors (Lipinski definition) is 5. The molecular formula is C17H24N4O3S. The van der Waals surface area contributed by atoms with Gasteiger partial charge in [0.1, 0.15) is 10.4 Å². The van der Waals surface area contributed by atoms with Crippen molar-refractivity contribution < 1.29 is 13.5 Å². The zero-order chi connectivity index (χ0) is 18.0. The highest BCUT2D eigenvalue weighted by Crippen LogP contribution is 2.40. The van der Waals surface area contributed by atoms with Crippen molar-refractivity contribution in [3.63, 3.8) is 0 Å². The lowest BCUT2D eigenvalue weighted by molar-refractivity contribution is 0.130. The lowest BCUT2D eigenvalue weighted by Gasteiger charge is -2.26. The predicted octanol–water partition coefficient (Wildman–Crippen LogP) is 0.532. The molecule has 0 bridgehead atoms. The smallest absolute Gasteiger partial charge is 0.223 e. The molecule has 8 heteroatoms. The maximum Gasteiger partial charge on any atom is 0.223 e. The van der Waals surface area contributed by atoms with E-state index < -0.39 is 20.9 Å². The number of rotatable bonds is 2. The van der Waals surface area contributed by atoms with Crippen LogP contribution in [-0.4, -0.2) is 69.6 Å². The van der Waals surface area contributed by atoms with Crippen LogP contribution in [0.3, 0.4) is 0 Å². The number of aliphatic hydroxyl groups excluding tert-OH is 1. The van der Waals surface area contributed by atoms with Crippen molar-refractivity contribution in [1.29, 1.82) is 0 Å². The van der Waals surface area contributed by atoms with E-state index in [0.717, 1.165) is 22.6 Å². The average Bonchev–Trinajstić information content (AvgIpc) is 3.16. The lowest BCUT2D eigenvalue weighted by atomic mass is 10.0. The molecule has 4 heterocycles. The van der Waals surface area contributed by atoms with Crippen molar-refractivity contribution in [2.75, 3.05) is 26.7 Å². The third kappa shape index (κ3) is 2.28. The molecule has 136 valence electrons. The molecule has 0 aromatic carbocycles. The van der Waals surface area contributed by atoms with Crippen LogP contribution in [0.1, 0.15) is 23.4 Å². The Morgan fingerprint density at radius 1 is 1.40 bits per heavy atom. The van der Waals surface area contributed by atoms with Gasteiger partial charge in [-0.15, -0.1) is 0 Å². The van der Waals surface area contributed by atoms with Crippen LogP contribution in [-0.2, 0) is 16.6 Å². The zero-order valence-corrected chi connectivity index (χ0v) is 15.6. The van der Waals surface area contributed by atoms with Gasteiger partial charge >= 0.3 is 0 Å². The van der Waals surface area contributed by atoms with Crippen LogP contribution in [0.25, 0.3) is 5.65 Å².